The number of hydrogen-bond acceptors (Lipinski definition) is 3. The summed E-state index contributed by atoms with van der Waals surface area (Å²) in [5.41, 5.74) is -0.662. The topological polar surface area (TPSA) is 38.7 Å². The number of hydrogen-bond donors (Lipinski definition) is 1. The van der Waals surface area contributed by atoms with Crippen LogP contribution in [0.15, 0.2) is 0 Å². The summed E-state index contributed by atoms with van der Waals surface area (Å²) in [5, 5.41) is 9.41. The van der Waals surface area contributed by atoms with Crippen molar-refractivity contribution in [2.24, 2.45) is 5.41 Å². The summed E-state index contributed by atoms with van der Waals surface area (Å²) in [6.07, 6.45) is 0.831. The molecular weight excluding hydrogens is 180 g/mol. The molecule has 0 aromatic carbocycles. The molecule has 0 aromatic rings. The van der Waals surface area contributed by atoms with E-state index in [1.807, 2.05) is 0 Å². The van der Waals surface area contributed by atoms with E-state index in [0.717, 1.165) is 6.42 Å². The first-order valence-electron chi connectivity index (χ1n) is 5.09. The molecule has 1 heterocycles. The minimum Gasteiger partial charge on any atom is -0.393 e. The third-order valence-electron chi connectivity index (χ3n) is 3.56. The van der Waals surface area contributed by atoms with Crippen molar-refractivity contribution in [3.05, 3.63) is 0 Å². The summed E-state index contributed by atoms with van der Waals surface area (Å²) in [4.78, 5) is 0. The third kappa shape index (κ3) is 1.81. The van der Waals surface area contributed by atoms with E-state index < -0.39 is 5.60 Å². The number of aliphatic hydroxyl groups excluding tert-OH is 1. The Morgan fingerprint density at radius 1 is 1.29 bits per heavy atom. The first kappa shape index (κ1) is 12.0. The fraction of sp³-hybridized carbons (Fsp3) is 1.00. The fourth-order valence-electron chi connectivity index (χ4n) is 2.21. The minimum absolute atomic E-state index is 0.0215. The highest BCUT2D eigenvalue weighted by Gasteiger charge is 2.55. The molecule has 84 valence electrons. The van der Waals surface area contributed by atoms with E-state index in [9.17, 15) is 5.11 Å². The molecule has 0 bridgehead atoms. The van der Waals surface area contributed by atoms with Crippen molar-refractivity contribution < 1.29 is 14.6 Å². The molecule has 0 aliphatic carbocycles. The van der Waals surface area contributed by atoms with Gasteiger partial charge >= 0.3 is 0 Å². The smallest absolute Gasteiger partial charge is 0.116 e. The Morgan fingerprint density at radius 3 is 2.14 bits per heavy atom. The van der Waals surface area contributed by atoms with Gasteiger partial charge in [0, 0.05) is 7.11 Å². The van der Waals surface area contributed by atoms with Crippen molar-refractivity contribution in [1.29, 1.82) is 0 Å². The van der Waals surface area contributed by atoms with Crippen LogP contribution in [0.2, 0.25) is 0 Å². The van der Waals surface area contributed by atoms with Gasteiger partial charge in [-0.15, -0.1) is 0 Å². The van der Waals surface area contributed by atoms with Crippen LogP contribution in [-0.4, -0.2) is 36.6 Å². The molecule has 0 saturated carbocycles. The average molecular weight is 202 g/mol. The molecule has 1 aliphatic heterocycles. The van der Waals surface area contributed by atoms with E-state index in [1.54, 1.807) is 7.11 Å². The molecule has 0 spiro atoms. The van der Waals surface area contributed by atoms with Crippen LogP contribution in [0.25, 0.3) is 0 Å². The van der Waals surface area contributed by atoms with E-state index in [2.05, 4.69) is 27.7 Å². The monoisotopic (exact) mass is 202 g/mol. The SMILES string of the molecule is COC[C@]1(CO)CC(C)(C)C(C)(C)O1. The highest BCUT2D eigenvalue weighted by molar-refractivity contribution is 5.03. The molecule has 14 heavy (non-hydrogen) atoms. The highest BCUT2D eigenvalue weighted by Crippen LogP contribution is 2.50. The van der Waals surface area contributed by atoms with Gasteiger partial charge < -0.3 is 14.6 Å². The van der Waals surface area contributed by atoms with Crippen molar-refractivity contribution in [2.45, 2.75) is 45.3 Å². The maximum Gasteiger partial charge on any atom is 0.116 e. The Hall–Kier alpha value is -0.120. The normalized spacial score (nSPS) is 34.7. The van der Waals surface area contributed by atoms with Crippen LogP contribution in [0.3, 0.4) is 0 Å². The summed E-state index contributed by atoms with van der Waals surface area (Å²) in [6, 6.07) is 0. The first-order valence-corrected chi connectivity index (χ1v) is 5.09. The fourth-order valence-corrected chi connectivity index (χ4v) is 2.21. The van der Waals surface area contributed by atoms with E-state index in [-0.39, 0.29) is 17.6 Å². The Kier molecular flexibility index (Phi) is 2.96. The lowest BCUT2D eigenvalue weighted by atomic mass is 9.74. The van der Waals surface area contributed by atoms with Gasteiger partial charge in [-0.3, -0.25) is 0 Å². The van der Waals surface area contributed by atoms with Crippen molar-refractivity contribution in [3.8, 4) is 0 Å². The van der Waals surface area contributed by atoms with E-state index >= 15 is 0 Å². The molecule has 1 atom stereocenters. The van der Waals surface area contributed by atoms with Crippen LogP contribution in [0.4, 0.5) is 0 Å². The number of aliphatic hydroxyl groups is 1. The zero-order valence-corrected chi connectivity index (χ0v) is 9.89. The van der Waals surface area contributed by atoms with Crippen LogP contribution < -0.4 is 0 Å². The molecule has 0 amide bonds. The third-order valence-corrected chi connectivity index (χ3v) is 3.56. The van der Waals surface area contributed by atoms with Gasteiger partial charge in [0.1, 0.15) is 5.60 Å². The molecule has 0 radical (unpaired) electrons. The van der Waals surface area contributed by atoms with Crippen molar-refractivity contribution in [2.75, 3.05) is 20.3 Å². The second-order valence-corrected chi connectivity index (χ2v) is 5.45. The standard InChI is InChI=1S/C11H22O3/c1-9(2)6-11(7-12,8-13-5)14-10(9,3)4/h12H,6-8H2,1-5H3/t11-/m1/s1. The van der Waals surface area contributed by atoms with Gasteiger partial charge in [0.15, 0.2) is 0 Å². The van der Waals surface area contributed by atoms with Crippen LogP contribution in [0.1, 0.15) is 34.1 Å². The Labute approximate surface area is 86.4 Å². The van der Waals surface area contributed by atoms with Gasteiger partial charge in [-0.1, -0.05) is 13.8 Å². The quantitative estimate of drug-likeness (QED) is 0.755. The molecule has 0 unspecified atom stereocenters. The minimum atomic E-state index is -0.512. The first-order chi connectivity index (χ1) is 6.29. The van der Waals surface area contributed by atoms with E-state index in [1.165, 1.54) is 0 Å². The Bertz CT molecular complexity index is 193. The van der Waals surface area contributed by atoms with E-state index in [4.69, 9.17) is 9.47 Å². The van der Waals surface area contributed by atoms with Crippen molar-refractivity contribution in [3.63, 3.8) is 0 Å². The maximum absolute atomic E-state index is 9.41. The highest BCUT2D eigenvalue weighted by atomic mass is 16.6. The molecule has 1 aliphatic rings. The lowest BCUT2D eigenvalue weighted by Gasteiger charge is -2.33. The summed E-state index contributed by atoms with van der Waals surface area (Å²) in [5.74, 6) is 0. The molecule has 1 rings (SSSR count). The van der Waals surface area contributed by atoms with Crippen LogP contribution in [0, 0.1) is 5.41 Å². The zero-order valence-electron chi connectivity index (χ0n) is 9.89. The molecule has 1 saturated heterocycles. The van der Waals surface area contributed by atoms with Crippen LogP contribution in [-0.2, 0) is 9.47 Å². The summed E-state index contributed by atoms with van der Waals surface area (Å²) < 4.78 is 11.1. The predicted octanol–water partition coefficient (Wildman–Crippen LogP) is 1.59. The van der Waals surface area contributed by atoms with Gasteiger partial charge in [0.25, 0.3) is 0 Å². The van der Waals surface area contributed by atoms with Gasteiger partial charge in [0.05, 0.1) is 18.8 Å². The lowest BCUT2D eigenvalue weighted by molar-refractivity contribution is -0.145. The largest absolute Gasteiger partial charge is 0.393 e. The second-order valence-electron chi connectivity index (χ2n) is 5.45. The summed E-state index contributed by atoms with van der Waals surface area (Å²) >= 11 is 0. The predicted molar refractivity (Wildman–Crippen MR) is 55.3 cm³/mol. The van der Waals surface area contributed by atoms with Crippen molar-refractivity contribution >= 4 is 0 Å². The molecule has 3 nitrogen and oxygen atoms in total. The van der Waals surface area contributed by atoms with Crippen LogP contribution in [0.5, 0.6) is 0 Å². The zero-order chi connectivity index (χ0) is 11.0. The van der Waals surface area contributed by atoms with Gasteiger partial charge in [0.2, 0.25) is 0 Å². The maximum atomic E-state index is 9.41. The summed E-state index contributed by atoms with van der Waals surface area (Å²) in [6.45, 7) is 8.95. The second kappa shape index (κ2) is 3.47. The van der Waals surface area contributed by atoms with E-state index in [0.29, 0.717) is 6.61 Å². The molecule has 3 heteroatoms. The Balaban J connectivity index is 2.87. The van der Waals surface area contributed by atoms with Gasteiger partial charge in [-0.2, -0.15) is 0 Å². The molecule has 1 N–H and O–H groups in total. The van der Waals surface area contributed by atoms with Crippen LogP contribution >= 0.6 is 0 Å². The lowest BCUT2D eigenvalue weighted by Crippen LogP contribution is -2.40. The average Bonchev–Trinajstić information content (AvgIpc) is 2.19. The number of ether oxygens (including phenoxy) is 2. The van der Waals surface area contributed by atoms with Gasteiger partial charge in [-0.25, -0.2) is 0 Å². The molecule has 0 aromatic heterocycles. The molecular formula is C11H22O3. The van der Waals surface area contributed by atoms with Gasteiger partial charge in [-0.05, 0) is 25.7 Å². The summed E-state index contributed by atoms with van der Waals surface area (Å²) in [7, 11) is 1.64. The van der Waals surface area contributed by atoms with Crippen molar-refractivity contribution in [1.82, 2.24) is 0 Å². The number of rotatable bonds is 3. The number of methoxy groups -OCH3 is 1. The molecule has 1 fully saturated rings. The Morgan fingerprint density at radius 2 is 1.86 bits per heavy atom.